The first kappa shape index (κ1) is 13.3. The van der Waals surface area contributed by atoms with Gasteiger partial charge < -0.3 is 15.2 Å². The van der Waals surface area contributed by atoms with Crippen LogP contribution in [0.25, 0.3) is 0 Å². The molecule has 1 aromatic rings. The molecule has 2 N–H and O–H groups in total. The molecule has 0 aliphatic carbocycles. The Morgan fingerprint density at radius 1 is 1.31 bits per heavy atom. The van der Waals surface area contributed by atoms with Gasteiger partial charge in [0.1, 0.15) is 0 Å². The van der Waals surface area contributed by atoms with Gasteiger partial charge >= 0.3 is 0 Å². The second kappa shape index (κ2) is 6.11. The van der Waals surface area contributed by atoms with E-state index in [-0.39, 0.29) is 0 Å². The first-order chi connectivity index (χ1) is 7.65. The molecule has 0 heterocycles. The SMILES string of the molecule is COc1cc(Br)c(CCCN)c(C)c1OC. The maximum Gasteiger partial charge on any atom is 0.163 e. The van der Waals surface area contributed by atoms with Crippen LogP contribution in [0, 0.1) is 6.92 Å². The smallest absolute Gasteiger partial charge is 0.163 e. The summed E-state index contributed by atoms with van der Waals surface area (Å²) in [7, 11) is 3.30. The van der Waals surface area contributed by atoms with Crippen LogP contribution >= 0.6 is 15.9 Å². The molecule has 16 heavy (non-hydrogen) atoms. The van der Waals surface area contributed by atoms with Gasteiger partial charge in [-0.15, -0.1) is 0 Å². The van der Waals surface area contributed by atoms with E-state index in [4.69, 9.17) is 15.2 Å². The van der Waals surface area contributed by atoms with Gasteiger partial charge in [0.15, 0.2) is 11.5 Å². The van der Waals surface area contributed by atoms with Crippen LogP contribution in [-0.2, 0) is 6.42 Å². The summed E-state index contributed by atoms with van der Waals surface area (Å²) in [6.45, 7) is 2.73. The van der Waals surface area contributed by atoms with E-state index in [1.165, 1.54) is 5.56 Å². The van der Waals surface area contributed by atoms with Gasteiger partial charge in [0.2, 0.25) is 0 Å². The molecule has 0 amide bonds. The summed E-state index contributed by atoms with van der Waals surface area (Å²) in [6.07, 6.45) is 1.91. The summed E-state index contributed by atoms with van der Waals surface area (Å²) in [5, 5.41) is 0. The quantitative estimate of drug-likeness (QED) is 0.906. The molecule has 0 fully saturated rings. The highest BCUT2D eigenvalue weighted by Crippen LogP contribution is 2.38. The highest BCUT2D eigenvalue weighted by atomic mass is 79.9. The molecule has 0 saturated carbocycles. The number of hydrogen-bond acceptors (Lipinski definition) is 3. The van der Waals surface area contributed by atoms with Crippen molar-refractivity contribution in [1.29, 1.82) is 0 Å². The van der Waals surface area contributed by atoms with E-state index in [1.54, 1.807) is 14.2 Å². The summed E-state index contributed by atoms with van der Waals surface area (Å²) in [4.78, 5) is 0. The summed E-state index contributed by atoms with van der Waals surface area (Å²) in [5.74, 6) is 1.56. The van der Waals surface area contributed by atoms with Crippen LogP contribution in [0.15, 0.2) is 10.5 Å². The molecule has 0 aromatic heterocycles. The fraction of sp³-hybridized carbons (Fsp3) is 0.500. The van der Waals surface area contributed by atoms with Crippen molar-refractivity contribution in [3.63, 3.8) is 0 Å². The van der Waals surface area contributed by atoms with Crippen molar-refractivity contribution in [2.45, 2.75) is 19.8 Å². The topological polar surface area (TPSA) is 44.5 Å². The Morgan fingerprint density at radius 3 is 2.50 bits per heavy atom. The highest BCUT2D eigenvalue weighted by Gasteiger charge is 2.14. The van der Waals surface area contributed by atoms with E-state index in [2.05, 4.69) is 15.9 Å². The van der Waals surface area contributed by atoms with Gasteiger partial charge in [-0.05, 0) is 43.5 Å². The third kappa shape index (κ3) is 2.68. The molecule has 0 aliphatic rings. The summed E-state index contributed by atoms with van der Waals surface area (Å²) >= 11 is 3.56. The Kier molecular flexibility index (Phi) is 5.09. The Labute approximate surface area is 105 Å². The second-order valence-electron chi connectivity index (χ2n) is 3.59. The van der Waals surface area contributed by atoms with Crippen LogP contribution < -0.4 is 15.2 Å². The molecule has 0 unspecified atom stereocenters. The summed E-state index contributed by atoms with van der Waals surface area (Å²) in [5.41, 5.74) is 7.88. The molecular formula is C12H18BrNO2. The van der Waals surface area contributed by atoms with E-state index in [0.29, 0.717) is 6.54 Å². The Morgan fingerprint density at radius 2 is 2.00 bits per heavy atom. The van der Waals surface area contributed by atoms with Crippen LogP contribution in [0.4, 0.5) is 0 Å². The molecule has 1 aromatic carbocycles. The summed E-state index contributed by atoms with van der Waals surface area (Å²) in [6, 6.07) is 1.94. The molecule has 0 radical (unpaired) electrons. The average molecular weight is 288 g/mol. The van der Waals surface area contributed by atoms with Gasteiger partial charge in [0, 0.05) is 4.47 Å². The van der Waals surface area contributed by atoms with Crippen molar-refractivity contribution in [2.24, 2.45) is 5.73 Å². The lowest BCUT2D eigenvalue weighted by Gasteiger charge is -2.16. The first-order valence-electron chi connectivity index (χ1n) is 5.25. The van der Waals surface area contributed by atoms with E-state index >= 15 is 0 Å². The number of hydrogen-bond donors (Lipinski definition) is 1. The van der Waals surface area contributed by atoms with E-state index < -0.39 is 0 Å². The lowest BCUT2D eigenvalue weighted by atomic mass is 10.0. The number of ether oxygens (including phenoxy) is 2. The van der Waals surface area contributed by atoms with Crippen LogP contribution in [-0.4, -0.2) is 20.8 Å². The number of benzene rings is 1. The van der Waals surface area contributed by atoms with Crippen molar-refractivity contribution in [3.05, 3.63) is 21.7 Å². The molecule has 1 rings (SSSR count). The molecule has 4 heteroatoms. The van der Waals surface area contributed by atoms with Crippen LogP contribution in [0.2, 0.25) is 0 Å². The minimum Gasteiger partial charge on any atom is -0.493 e. The summed E-state index contributed by atoms with van der Waals surface area (Å²) < 4.78 is 11.7. The number of nitrogens with two attached hydrogens (primary N) is 1. The minimum absolute atomic E-state index is 0.695. The Hall–Kier alpha value is -0.740. The van der Waals surface area contributed by atoms with Gasteiger partial charge in [0.05, 0.1) is 14.2 Å². The molecular weight excluding hydrogens is 270 g/mol. The maximum absolute atomic E-state index is 5.53. The van der Waals surface area contributed by atoms with Crippen molar-refractivity contribution in [1.82, 2.24) is 0 Å². The third-order valence-corrected chi connectivity index (χ3v) is 3.33. The fourth-order valence-corrected chi connectivity index (χ4v) is 2.46. The lowest BCUT2D eigenvalue weighted by Crippen LogP contribution is -2.04. The highest BCUT2D eigenvalue weighted by molar-refractivity contribution is 9.10. The van der Waals surface area contributed by atoms with E-state index in [1.807, 2.05) is 13.0 Å². The zero-order valence-corrected chi connectivity index (χ0v) is 11.6. The van der Waals surface area contributed by atoms with Crippen molar-refractivity contribution >= 4 is 15.9 Å². The Bertz CT molecular complexity index is 367. The zero-order chi connectivity index (χ0) is 12.1. The number of rotatable bonds is 5. The second-order valence-corrected chi connectivity index (χ2v) is 4.44. The third-order valence-electron chi connectivity index (χ3n) is 2.62. The molecule has 3 nitrogen and oxygen atoms in total. The van der Waals surface area contributed by atoms with E-state index in [9.17, 15) is 0 Å². The standard InChI is InChI=1S/C12H18BrNO2/c1-8-9(5-4-6-14)10(13)7-11(15-2)12(8)16-3/h7H,4-6,14H2,1-3H3. The van der Waals surface area contributed by atoms with Gasteiger partial charge in [0.25, 0.3) is 0 Å². The van der Waals surface area contributed by atoms with Crippen molar-refractivity contribution < 1.29 is 9.47 Å². The predicted molar refractivity (Wildman–Crippen MR) is 69.4 cm³/mol. The zero-order valence-electron chi connectivity index (χ0n) is 9.97. The van der Waals surface area contributed by atoms with Gasteiger partial charge in [-0.2, -0.15) is 0 Å². The predicted octanol–water partition coefficient (Wildman–Crippen LogP) is 2.67. The van der Waals surface area contributed by atoms with Crippen LogP contribution in [0.1, 0.15) is 17.5 Å². The van der Waals surface area contributed by atoms with Crippen LogP contribution in [0.3, 0.4) is 0 Å². The number of methoxy groups -OCH3 is 2. The minimum atomic E-state index is 0.695. The molecule has 0 atom stereocenters. The lowest BCUT2D eigenvalue weighted by molar-refractivity contribution is 0.352. The van der Waals surface area contributed by atoms with Crippen molar-refractivity contribution in [2.75, 3.05) is 20.8 Å². The normalized spacial score (nSPS) is 10.3. The average Bonchev–Trinajstić information content (AvgIpc) is 2.28. The monoisotopic (exact) mass is 287 g/mol. The first-order valence-corrected chi connectivity index (χ1v) is 6.05. The largest absolute Gasteiger partial charge is 0.493 e. The van der Waals surface area contributed by atoms with Gasteiger partial charge in [-0.3, -0.25) is 0 Å². The molecule has 0 bridgehead atoms. The molecule has 0 saturated heterocycles. The van der Waals surface area contributed by atoms with Gasteiger partial charge in [-0.25, -0.2) is 0 Å². The Balaban J connectivity index is 3.18. The molecule has 0 aliphatic heterocycles. The maximum atomic E-state index is 5.53. The van der Waals surface area contributed by atoms with Crippen molar-refractivity contribution in [3.8, 4) is 11.5 Å². The van der Waals surface area contributed by atoms with Crippen LogP contribution in [0.5, 0.6) is 11.5 Å². The molecule has 0 spiro atoms. The number of halogens is 1. The van der Waals surface area contributed by atoms with E-state index in [0.717, 1.165) is 34.4 Å². The molecule has 90 valence electrons. The fourth-order valence-electron chi connectivity index (χ4n) is 1.76. The van der Waals surface area contributed by atoms with Gasteiger partial charge in [-0.1, -0.05) is 15.9 Å².